The van der Waals surface area contributed by atoms with Crippen LogP contribution in [0.3, 0.4) is 0 Å². The van der Waals surface area contributed by atoms with E-state index in [0.717, 1.165) is 43.1 Å². The minimum Gasteiger partial charge on any atom is -0.393 e. The van der Waals surface area contributed by atoms with Crippen LogP contribution in [0.25, 0.3) is 0 Å². The minimum absolute atomic E-state index is 0.0598. The highest BCUT2D eigenvalue weighted by Crippen LogP contribution is 2.19. The normalized spacial score (nSPS) is 24.2. The molecule has 0 heterocycles. The van der Waals surface area contributed by atoms with E-state index in [-0.39, 0.29) is 6.10 Å². The van der Waals surface area contributed by atoms with Crippen molar-refractivity contribution in [2.45, 2.75) is 51.2 Å². The number of nitrogens with one attached hydrogen (secondary N) is 1. The molecule has 1 fully saturated rings. The van der Waals surface area contributed by atoms with Crippen LogP contribution in [-0.2, 0) is 6.42 Å². The molecule has 2 rings (SSSR count). The number of aryl methyl sites for hydroxylation is 1. The SMILES string of the molecule is Cc1ccc(Br)cc1CCNC1CCC(O)CC1. The fourth-order valence-corrected chi connectivity index (χ4v) is 3.01. The van der Waals surface area contributed by atoms with Crippen molar-refractivity contribution in [1.29, 1.82) is 0 Å². The molecule has 0 amide bonds. The molecule has 18 heavy (non-hydrogen) atoms. The van der Waals surface area contributed by atoms with E-state index in [9.17, 15) is 5.11 Å². The lowest BCUT2D eigenvalue weighted by atomic mass is 9.93. The van der Waals surface area contributed by atoms with Gasteiger partial charge in [0.2, 0.25) is 0 Å². The summed E-state index contributed by atoms with van der Waals surface area (Å²) in [6, 6.07) is 7.06. The minimum atomic E-state index is -0.0598. The van der Waals surface area contributed by atoms with Crippen molar-refractivity contribution in [3.8, 4) is 0 Å². The van der Waals surface area contributed by atoms with Crippen LogP contribution in [0.5, 0.6) is 0 Å². The van der Waals surface area contributed by atoms with E-state index < -0.39 is 0 Å². The molecule has 0 aromatic heterocycles. The fourth-order valence-electron chi connectivity index (χ4n) is 2.60. The highest BCUT2D eigenvalue weighted by Gasteiger charge is 2.18. The average Bonchev–Trinajstić information content (AvgIpc) is 2.36. The summed E-state index contributed by atoms with van der Waals surface area (Å²) < 4.78 is 1.16. The topological polar surface area (TPSA) is 32.3 Å². The summed E-state index contributed by atoms with van der Waals surface area (Å²) in [5.41, 5.74) is 2.77. The van der Waals surface area contributed by atoms with Crippen LogP contribution >= 0.6 is 15.9 Å². The van der Waals surface area contributed by atoms with Gasteiger partial charge < -0.3 is 10.4 Å². The van der Waals surface area contributed by atoms with Crippen molar-refractivity contribution in [3.05, 3.63) is 33.8 Å². The van der Waals surface area contributed by atoms with Crippen molar-refractivity contribution in [1.82, 2.24) is 5.32 Å². The van der Waals surface area contributed by atoms with Crippen LogP contribution in [0.4, 0.5) is 0 Å². The van der Waals surface area contributed by atoms with Gasteiger partial charge in [0.25, 0.3) is 0 Å². The molecule has 1 aromatic rings. The zero-order valence-corrected chi connectivity index (χ0v) is 12.5. The van der Waals surface area contributed by atoms with E-state index in [2.05, 4.69) is 46.4 Å². The molecule has 100 valence electrons. The van der Waals surface area contributed by atoms with E-state index in [0.29, 0.717) is 6.04 Å². The lowest BCUT2D eigenvalue weighted by Crippen LogP contribution is -2.35. The Bertz CT molecular complexity index is 386. The number of aliphatic hydroxyl groups excluding tert-OH is 1. The van der Waals surface area contributed by atoms with E-state index in [1.807, 2.05) is 0 Å². The van der Waals surface area contributed by atoms with Crippen LogP contribution in [0.2, 0.25) is 0 Å². The number of hydrogen-bond acceptors (Lipinski definition) is 2. The zero-order chi connectivity index (χ0) is 13.0. The van der Waals surface area contributed by atoms with Crippen LogP contribution in [0.1, 0.15) is 36.8 Å². The third-order valence-electron chi connectivity index (χ3n) is 3.84. The summed E-state index contributed by atoms with van der Waals surface area (Å²) in [5.74, 6) is 0. The maximum atomic E-state index is 9.46. The van der Waals surface area contributed by atoms with Gasteiger partial charge in [0.15, 0.2) is 0 Å². The summed E-state index contributed by atoms with van der Waals surface area (Å²) in [4.78, 5) is 0. The first kappa shape index (κ1) is 14.0. The van der Waals surface area contributed by atoms with Gasteiger partial charge in [0.05, 0.1) is 6.10 Å². The third-order valence-corrected chi connectivity index (χ3v) is 4.33. The van der Waals surface area contributed by atoms with E-state index in [1.165, 1.54) is 11.1 Å². The van der Waals surface area contributed by atoms with Crippen LogP contribution < -0.4 is 5.32 Å². The quantitative estimate of drug-likeness (QED) is 0.895. The molecule has 2 N–H and O–H groups in total. The van der Waals surface area contributed by atoms with E-state index in [1.54, 1.807) is 0 Å². The van der Waals surface area contributed by atoms with Gasteiger partial charge in [-0.2, -0.15) is 0 Å². The molecule has 1 aliphatic rings. The molecule has 0 spiro atoms. The first-order valence-corrected chi connectivity index (χ1v) is 7.61. The Morgan fingerprint density at radius 1 is 1.28 bits per heavy atom. The molecule has 1 aliphatic carbocycles. The summed E-state index contributed by atoms with van der Waals surface area (Å²) in [7, 11) is 0. The first-order chi connectivity index (χ1) is 8.65. The number of aliphatic hydroxyl groups is 1. The van der Waals surface area contributed by atoms with Gasteiger partial charge in [0, 0.05) is 10.5 Å². The second-order valence-corrected chi connectivity index (χ2v) is 6.20. The summed E-state index contributed by atoms with van der Waals surface area (Å²) >= 11 is 3.52. The zero-order valence-electron chi connectivity index (χ0n) is 11.0. The summed E-state index contributed by atoms with van der Waals surface area (Å²) in [6.07, 6.45) is 5.14. The number of hydrogen-bond donors (Lipinski definition) is 2. The molecule has 0 aliphatic heterocycles. The lowest BCUT2D eigenvalue weighted by Gasteiger charge is -2.26. The van der Waals surface area contributed by atoms with Gasteiger partial charge in [-0.3, -0.25) is 0 Å². The molecular weight excluding hydrogens is 290 g/mol. The lowest BCUT2D eigenvalue weighted by molar-refractivity contribution is 0.117. The maximum Gasteiger partial charge on any atom is 0.0541 e. The Hall–Kier alpha value is -0.380. The fraction of sp³-hybridized carbons (Fsp3) is 0.600. The molecule has 0 atom stereocenters. The highest BCUT2D eigenvalue weighted by atomic mass is 79.9. The molecule has 2 nitrogen and oxygen atoms in total. The smallest absolute Gasteiger partial charge is 0.0541 e. The Morgan fingerprint density at radius 2 is 2.00 bits per heavy atom. The van der Waals surface area contributed by atoms with Crippen molar-refractivity contribution in [2.75, 3.05) is 6.54 Å². The van der Waals surface area contributed by atoms with Gasteiger partial charge in [-0.15, -0.1) is 0 Å². The second-order valence-electron chi connectivity index (χ2n) is 5.28. The number of halogens is 1. The standard InChI is InChI=1S/C15H22BrNO/c1-11-2-3-13(16)10-12(11)8-9-17-14-4-6-15(18)7-5-14/h2-3,10,14-15,17-18H,4-9H2,1H3. The van der Waals surface area contributed by atoms with Crippen molar-refractivity contribution >= 4 is 15.9 Å². The number of benzene rings is 1. The molecule has 3 heteroatoms. The molecule has 0 bridgehead atoms. The van der Waals surface area contributed by atoms with E-state index >= 15 is 0 Å². The van der Waals surface area contributed by atoms with Crippen molar-refractivity contribution in [3.63, 3.8) is 0 Å². The van der Waals surface area contributed by atoms with E-state index in [4.69, 9.17) is 0 Å². The molecule has 1 aromatic carbocycles. The van der Waals surface area contributed by atoms with Crippen molar-refractivity contribution in [2.24, 2.45) is 0 Å². The van der Waals surface area contributed by atoms with Gasteiger partial charge in [-0.05, 0) is 68.8 Å². The van der Waals surface area contributed by atoms with Crippen LogP contribution in [0.15, 0.2) is 22.7 Å². The Kier molecular flexibility index (Phi) is 5.22. The maximum absolute atomic E-state index is 9.46. The summed E-state index contributed by atoms with van der Waals surface area (Å²) in [6.45, 7) is 3.19. The molecule has 0 radical (unpaired) electrons. The third kappa shape index (κ3) is 4.08. The molecule has 1 saturated carbocycles. The Balaban J connectivity index is 1.76. The first-order valence-electron chi connectivity index (χ1n) is 6.81. The Labute approximate surface area is 118 Å². The second kappa shape index (κ2) is 6.69. The summed E-state index contributed by atoms with van der Waals surface area (Å²) in [5, 5.41) is 13.1. The van der Waals surface area contributed by atoms with Crippen molar-refractivity contribution < 1.29 is 5.11 Å². The number of rotatable bonds is 4. The monoisotopic (exact) mass is 311 g/mol. The molecule has 0 saturated heterocycles. The highest BCUT2D eigenvalue weighted by molar-refractivity contribution is 9.10. The average molecular weight is 312 g/mol. The molecular formula is C15H22BrNO. The van der Waals surface area contributed by atoms with Gasteiger partial charge >= 0.3 is 0 Å². The van der Waals surface area contributed by atoms with Gasteiger partial charge in [-0.25, -0.2) is 0 Å². The molecule has 0 unspecified atom stereocenters. The van der Waals surface area contributed by atoms with Gasteiger partial charge in [0.1, 0.15) is 0 Å². The van der Waals surface area contributed by atoms with Crippen LogP contribution in [-0.4, -0.2) is 23.8 Å². The largest absolute Gasteiger partial charge is 0.393 e. The predicted molar refractivity (Wildman–Crippen MR) is 78.8 cm³/mol. The van der Waals surface area contributed by atoms with Crippen LogP contribution in [0, 0.1) is 6.92 Å². The predicted octanol–water partition coefficient (Wildman–Crippen LogP) is 3.19. The van der Waals surface area contributed by atoms with Gasteiger partial charge in [-0.1, -0.05) is 22.0 Å². The Morgan fingerprint density at radius 3 is 2.72 bits per heavy atom.